The van der Waals surface area contributed by atoms with Gasteiger partial charge in [-0.2, -0.15) is 0 Å². The molecule has 0 radical (unpaired) electrons. The molecule has 1 unspecified atom stereocenters. The lowest BCUT2D eigenvalue weighted by Crippen LogP contribution is -2.25. The molecular formula is C10H13N3O. The molecule has 0 amide bonds. The summed E-state index contributed by atoms with van der Waals surface area (Å²) in [6.07, 6.45) is 3.38. The lowest BCUT2D eigenvalue weighted by Gasteiger charge is -2.11. The maximum Gasteiger partial charge on any atom is 0.139 e. The summed E-state index contributed by atoms with van der Waals surface area (Å²) >= 11 is 0. The van der Waals surface area contributed by atoms with E-state index in [0.29, 0.717) is 6.54 Å². The van der Waals surface area contributed by atoms with E-state index in [4.69, 9.17) is 10.2 Å². The van der Waals surface area contributed by atoms with Gasteiger partial charge < -0.3 is 15.5 Å². The predicted molar refractivity (Wildman–Crippen MR) is 56.1 cm³/mol. The van der Waals surface area contributed by atoms with Gasteiger partial charge in [0, 0.05) is 18.8 Å². The highest BCUT2D eigenvalue weighted by Gasteiger charge is 2.06. The number of nitrogens with two attached hydrogens (primary N) is 1. The molecule has 4 nitrogen and oxygen atoms in total. The van der Waals surface area contributed by atoms with Gasteiger partial charge in [-0.1, -0.05) is 0 Å². The molecule has 1 atom stereocenters. The highest BCUT2D eigenvalue weighted by molar-refractivity contribution is 5.87. The summed E-state index contributed by atoms with van der Waals surface area (Å²) in [6.45, 7) is 2.59. The number of pyridine rings is 1. The molecule has 4 heteroatoms. The molecule has 0 saturated carbocycles. The first-order chi connectivity index (χ1) is 6.81. The second-order valence-electron chi connectivity index (χ2n) is 3.27. The third kappa shape index (κ3) is 1.56. The van der Waals surface area contributed by atoms with Crippen LogP contribution in [-0.2, 0) is 0 Å². The molecule has 74 valence electrons. The number of fused-ring (bicyclic) bond motifs is 1. The van der Waals surface area contributed by atoms with Crippen LogP contribution >= 0.6 is 0 Å². The molecule has 0 spiro atoms. The maximum absolute atomic E-state index is 5.53. The topological polar surface area (TPSA) is 64.1 Å². The van der Waals surface area contributed by atoms with Crippen molar-refractivity contribution in [2.45, 2.75) is 13.0 Å². The Balaban J connectivity index is 2.36. The fourth-order valence-corrected chi connectivity index (χ4v) is 1.30. The van der Waals surface area contributed by atoms with E-state index in [1.165, 1.54) is 0 Å². The van der Waals surface area contributed by atoms with E-state index in [-0.39, 0.29) is 6.04 Å². The first-order valence-electron chi connectivity index (χ1n) is 4.60. The van der Waals surface area contributed by atoms with E-state index in [9.17, 15) is 0 Å². The number of furan rings is 1. The fourth-order valence-electron chi connectivity index (χ4n) is 1.30. The Bertz CT molecular complexity index is 424. The average Bonchev–Trinajstić information content (AvgIpc) is 2.66. The summed E-state index contributed by atoms with van der Waals surface area (Å²) in [6, 6.07) is 3.95. The van der Waals surface area contributed by atoms with Crippen LogP contribution in [0.5, 0.6) is 0 Å². The van der Waals surface area contributed by atoms with Gasteiger partial charge in [0.05, 0.1) is 11.6 Å². The van der Waals surface area contributed by atoms with Crippen molar-refractivity contribution in [3.63, 3.8) is 0 Å². The number of rotatable bonds is 3. The zero-order valence-electron chi connectivity index (χ0n) is 8.03. The van der Waals surface area contributed by atoms with Gasteiger partial charge in [0.2, 0.25) is 0 Å². The van der Waals surface area contributed by atoms with Gasteiger partial charge in [-0.3, -0.25) is 0 Å². The van der Waals surface area contributed by atoms with Crippen LogP contribution in [0.2, 0.25) is 0 Å². The van der Waals surface area contributed by atoms with Crippen molar-refractivity contribution >= 4 is 16.8 Å². The van der Waals surface area contributed by atoms with E-state index < -0.39 is 0 Å². The molecule has 3 N–H and O–H groups in total. The third-order valence-electron chi connectivity index (χ3n) is 2.12. The Labute approximate surface area is 82.1 Å². The molecular weight excluding hydrogens is 178 g/mol. The van der Waals surface area contributed by atoms with Gasteiger partial charge >= 0.3 is 0 Å². The van der Waals surface area contributed by atoms with Gasteiger partial charge in [-0.25, -0.2) is 4.98 Å². The van der Waals surface area contributed by atoms with Crippen LogP contribution < -0.4 is 11.1 Å². The van der Waals surface area contributed by atoms with E-state index in [1.807, 2.05) is 19.1 Å². The van der Waals surface area contributed by atoms with Crippen LogP contribution in [0.3, 0.4) is 0 Å². The minimum absolute atomic E-state index is 0.211. The van der Waals surface area contributed by atoms with Crippen molar-refractivity contribution < 1.29 is 4.42 Å². The van der Waals surface area contributed by atoms with E-state index >= 15 is 0 Å². The second-order valence-corrected chi connectivity index (χ2v) is 3.27. The van der Waals surface area contributed by atoms with Crippen LogP contribution in [0.15, 0.2) is 29.0 Å². The van der Waals surface area contributed by atoms with Gasteiger partial charge in [-0.15, -0.1) is 0 Å². The highest BCUT2D eigenvalue weighted by Crippen LogP contribution is 2.21. The minimum Gasteiger partial charge on any atom is -0.464 e. The van der Waals surface area contributed by atoms with Crippen molar-refractivity contribution in [2.24, 2.45) is 5.73 Å². The summed E-state index contributed by atoms with van der Waals surface area (Å²) in [4.78, 5) is 4.24. The number of hydrogen-bond acceptors (Lipinski definition) is 4. The Morgan fingerprint density at radius 2 is 2.43 bits per heavy atom. The molecule has 0 aliphatic rings. The first-order valence-corrected chi connectivity index (χ1v) is 4.60. The molecule has 0 aliphatic carbocycles. The molecule has 2 aromatic heterocycles. The van der Waals surface area contributed by atoms with Crippen LogP contribution in [0.1, 0.15) is 6.92 Å². The van der Waals surface area contributed by atoms with Crippen molar-refractivity contribution in [2.75, 3.05) is 11.9 Å². The monoisotopic (exact) mass is 191 g/mol. The number of nitrogens with zero attached hydrogens (tertiary/aromatic N) is 1. The Morgan fingerprint density at radius 3 is 3.21 bits per heavy atom. The average molecular weight is 191 g/mol. The second kappa shape index (κ2) is 3.67. The fraction of sp³-hybridized carbons (Fsp3) is 0.300. The molecule has 2 rings (SSSR count). The molecule has 0 saturated heterocycles. The number of aromatic nitrogens is 1. The Kier molecular flexibility index (Phi) is 2.37. The summed E-state index contributed by atoms with van der Waals surface area (Å²) in [5.74, 6) is 0.828. The van der Waals surface area contributed by atoms with Gasteiger partial charge in [-0.05, 0) is 19.1 Å². The maximum atomic E-state index is 5.53. The smallest absolute Gasteiger partial charge is 0.139 e. The van der Waals surface area contributed by atoms with E-state index in [1.54, 1.807) is 12.5 Å². The van der Waals surface area contributed by atoms with Gasteiger partial charge in [0.1, 0.15) is 11.4 Å². The summed E-state index contributed by atoms with van der Waals surface area (Å²) < 4.78 is 5.26. The van der Waals surface area contributed by atoms with Crippen LogP contribution in [-0.4, -0.2) is 17.6 Å². The van der Waals surface area contributed by atoms with E-state index in [2.05, 4.69) is 10.3 Å². The highest BCUT2D eigenvalue weighted by atomic mass is 16.3. The number of nitrogens with one attached hydrogen (secondary N) is 1. The zero-order valence-corrected chi connectivity index (χ0v) is 8.03. The summed E-state index contributed by atoms with van der Waals surface area (Å²) in [7, 11) is 0. The largest absolute Gasteiger partial charge is 0.464 e. The lowest BCUT2D eigenvalue weighted by molar-refractivity contribution is 0.615. The SMILES string of the molecule is CC(CN)Nc1nccc2occc12. The number of anilines is 1. The molecule has 0 aliphatic heterocycles. The van der Waals surface area contributed by atoms with Crippen molar-refractivity contribution in [3.05, 3.63) is 24.6 Å². The first kappa shape index (κ1) is 9.02. The Morgan fingerprint density at radius 1 is 1.57 bits per heavy atom. The summed E-state index contributed by atoms with van der Waals surface area (Å²) in [5, 5.41) is 4.22. The van der Waals surface area contributed by atoms with Crippen molar-refractivity contribution in [1.82, 2.24) is 4.98 Å². The molecule has 0 fully saturated rings. The number of hydrogen-bond donors (Lipinski definition) is 2. The van der Waals surface area contributed by atoms with Crippen molar-refractivity contribution in [1.29, 1.82) is 0 Å². The van der Waals surface area contributed by atoms with Gasteiger partial charge in [0.15, 0.2) is 0 Å². The Hall–Kier alpha value is -1.55. The third-order valence-corrected chi connectivity index (χ3v) is 2.12. The van der Waals surface area contributed by atoms with Crippen LogP contribution in [0, 0.1) is 0 Å². The zero-order chi connectivity index (χ0) is 9.97. The molecule has 14 heavy (non-hydrogen) atoms. The molecule has 2 aromatic rings. The van der Waals surface area contributed by atoms with Crippen LogP contribution in [0.4, 0.5) is 5.82 Å². The normalized spacial score (nSPS) is 13.0. The van der Waals surface area contributed by atoms with Crippen molar-refractivity contribution in [3.8, 4) is 0 Å². The van der Waals surface area contributed by atoms with Gasteiger partial charge in [0.25, 0.3) is 0 Å². The lowest BCUT2D eigenvalue weighted by atomic mass is 10.3. The predicted octanol–water partition coefficient (Wildman–Crippen LogP) is 1.59. The standard InChI is InChI=1S/C10H13N3O/c1-7(6-11)13-10-8-3-5-14-9(8)2-4-12-10/h2-5,7H,6,11H2,1H3,(H,12,13). The molecule has 0 bridgehead atoms. The van der Waals surface area contributed by atoms with Crippen LogP contribution in [0.25, 0.3) is 11.0 Å². The molecule has 0 aromatic carbocycles. The van der Waals surface area contributed by atoms with E-state index in [0.717, 1.165) is 16.8 Å². The minimum atomic E-state index is 0.211. The molecule has 2 heterocycles. The summed E-state index contributed by atoms with van der Waals surface area (Å²) in [5.41, 5.74) is 6.37. The quantitative estimate of drug-likeness (QED) is 0.773.